The van der Waals surface area contributed by atoms with Crippen LogP contribution in [0.25, 0.3) is 10.9 Å². The van der Waals surface area contributed by atoms with Gasteiger partial charge in [0.15, 0.2) is 6.23 Å². The van der Waals surface area contributed by atoms with E-state index >= 15 is 0 Å². The molecule has 0 aliphatic carbocycles. The predicted molar refractivity (Wildman–Crippen MR) is 95.2 cm³/mol. The van der Waals surface area contributed by atoms with Crippen LogP contribution in [0.5, 0.6) is 0 Å². The third-order valence-corrected chi connectivity index (χ3v) is 5.62. The molecule has 3 atom stereocenters. The van der Waals surface area contributed by atoms with Crippen molar-refractivity contribution in [2.75, 3.05) is 19.7 Å². The van der Waals surface area contributed by atoms with Crippen molar-refractivity contribution < 1.29 is 19.0 Å². The van der Waals surface area contributed by atoms with Gasteiger partial charge < -0.3 is 14.7 Å². The topological polar surface area (TPSA) is 67.6 Å². The summed E-state index contributed by atoms with van der Waals surface area (Å²) in [5.74, 6) is -0.286. The monoisotopic (exact) mass is 361 g/mol. The molecule has 0 saturated carbocycles. The van der Waals surface area contributed by atoms with Crippen LogP contribution < -0.4 is 0 Å². The van der Waals surface area contributed by atoms with Crippen molar-refractivity contribution in [3.05, 3.63) is 29.5 Å². The molecule has 3 unspecified atom stereocenters. The quantitative estimate of drug-likeness (QED) is 0.882. The Morgan fingerprint density at radius 1 is 1.35 bits per heavy atom. The van der Waals surface area contributed by atoms with Gasteiger partial charge in [0.1, 0.15) is 6.17 Å². The van der Waals surface area contributed by atoms with Gasteiger partial charge in [0, 0.05) is 24.5 Å². The van der Waals surface area contributed by atoms with Gasteiger partial charge >= 0.3 is 6.09 Å². The molecule has 2 aliphatic rings. The zero-order valence-electron chi connectivity index (χ0n) is 14.9. The molecule has 0 radical (unpaired) electrons. The number of ether oxygens (including phenoxy) is 1. The zero-order chi connectivity index (χ0) is 18.3. The van der Waals surface area contributed by atoms with E-state index < -0.39 is 12.3 Å². The summed E-state index contributed by atoms with van der Waals surface area (Å²) in [6, 6.07) is 4.08. The van der Waals surface area contributed by atoms with Crippen molar-refractivity contribution in [3.63, 3.8) is 0 Å². The lowest BCUT2D eigenvalue weighted by atomic mass is 9.85. The molecule has 1 aromatic carbocycles. The fourth-order valence-electron chi connectivity index (χ4n) is 4.20. The van der Waals surface area contributed by atoms with Crippen LogP contribution in [0.15, 0.2) is 18.3 Å². The number of hydrogen-bond acceptors (Lipinski definition) is 3. The van der Waals surface area contributed by atoms with Gasteiger partial charge in [-0.1, -0.05) is 0 Å². The van der Waals surface area contributed by atoms with E-state index in [0.29, 0.717) is 13.0 Å². The fourth-order valence-corrected chi connectivity index (χ4v) is 4.20. The Hall–Kier alpha value is -2.15. The number of carbonyl (C=O) groups is 1. The van der Waals surface area contributed by atoms with E-state index in [-0.39, 0.29) is 18.7 Å². The number of aromatic nitrogens is 2. The number of benzene rings is 1. The minimum atomic E-state index is -1.20. The van der Waals surface area contributed by atoms with Crippen molar-refractivity contribution in [3.8, 4) is 0 Å². The highest BCUT2D eigenvalue weighted by molar-refractivity contribution is 5.81. The summed E-state index contributed by atoms with van der Waals surface area (Å²) in [4.78, 5) is 12.3. The first-order valence-electron chi connectivity index (χ1n) is 9.26. The normalized spacial score (nSPS) is 27.0. The van der Waals surface area contributed by atoms with Crippen LogP contribution in [-0.2, 0) is 4.74 Å². The van der Waals surface area contributed by atoms with Crippen LogP contribution in [0.2, 0.25) is 0 Å². The smallest absolute Gasteiger partial charge is 0.407 e. The molecule has 2 aliphatic heterocycles. The maximum absolute atomic E-state index is 14.8. The van der Waals surface area contributed by atoms with Gasteiger partial charge in [-0.15, -0.1) is 0 Å². The van der Waals surface area contributed by atoms with E-state index in [1.807, 2.05) is 29.9 Å². The standard InChI is InChI=1S/C19H24FN3O3/c1-12-8-13-10-21-23(18-4-2-3-7-26-18)17(13)9-15(12)14-5-6-22(19(24)25)11-16(14)20/h8-10,14,16,18H,2-7,11H2,1H3,(H,24,25). The van der Waals surface area contributed by atoms with Gasteiger partial charge in [-0.05, 0) is 55.9 Å². The molecule has 1 aromatic heterocycles. The van der Waals surface area contributed by atoms with Gasteiger partial charge in [-0.2, -0.15) is 5.10 Å². The minimum absolute atomic E-state index is 0.0631. The average molecular weight is 361 g/mol. The SMILES string of the molecule is Cc1cc2cnn(C3CCCCO3)c2cc1C1CCN(C(=O)O)CC1F. The van der Waals surface area contributed by atoms with Crippen molar-refractivity contribution >= 4 is 17.0 Å². The van der Waals surface area contributed by atoms with Gasteiger partial charge in [0.05, 0.1) is 18.3 Å². The second kappa shape index (κ2) is 6.87. The molecule has 2 saturated heterocycles. The molecule has 1 amide bonds. The highest BCUT2D eigenvalue weighted by Crippen LogP contribution is 2.36. The Bertz CT molecular complexity index is 816. The number of amides is 1. The molecule has 26 heavy (non-hydrogen) atoms. The molecule has 3 heterocycles. The van der Waals surface area contributed by atoms with Crippen LogP contribution in [0, 0.1) is 6.92 Å². The summed E-state index contributed by atoms with van der Waals surface area (Å²) in [5, 5.41) is 14.6. The minimum Gasteiger partial charge on any atom is -0.465 e. The van der Waals surface area contributed by atoms with Crippen LogP contribution in [0.1, 0.15) is 49.0 Å². The summed E-state index contributed by atoms with van der Waals surface area (Å²) < 4.78 is 22.5. The maximum atomic E-state index is 14.8. The van der Waals surface area contributed by atoms with E-state index in [1.54, 1.807) is 0 Å². The molecule has 2 aromatic rings. The van der Waals surface area contributed by atoms with E-state index in [2.05, 4.69) is 5.10 Å². The molecule has 7 heteroatoms. The number of alkyl halides is 1. The Morgan fingerprint density at radius 2 is 2.19 bits per heavy atom. The summed E-state index contributed by atoms with van der Waals surface area (Å²) in [7, 11) is 0. The number of carboxylic acid groups (broad SMARTS) is 1. The number of halogens is 1. The molecular weight excluding hydrogens is 337 g/mol. The summed E-state index contributed by atoms with van der Waals surface area (Å²) in [6.45, 7) is 3.02. The number of likely N-dealkylation sites (tertiary alicyclic amines) is 1. The first-order valence-corrected chi connectivity index (χ1v) is 9.26. The lowest BCUT2D eigenvalue weighted by Crippen LogP contribution is -2.43. The molecule has 1 N–H and O–H groups in total. The van der Waals surface area contributed by atoms with Gasteiger partial charge in [-0.25, -0.2) is 13.9 Å². The summed E-state index contributed by atoms with van der Waals surface area (Å²) >= 11 is 0. The number of piperidine rings is 1. The van der Waals surface area contributed by atoms with Gasteiger partial charge in [0.25, 0.3) is 0 Å². The number of nitrogens with zero attached hydrogens (tertiary/aromatic N) is 3. The highest BCUT2D eigenvalue weighted by Gasteiger charge is 2.33. The van der Waals surface area contributed by atoms with Crippen LogP contribution >= 0.6 is 0 Å². The second-order valence-corrected chi connectivity index (χ2v) is 7.32. The highest BCUT2D eigenvalue weighted by atomic mass is 19.1. The van der Waals surface area contributed by atoms with Gasteiger partial charge in [0.2, 0.25) is 0 Å². The van der Waals surface area contributed by atoms with E-state index in [4.69, 9.17) is 9.84 Å². The number of aryl methyl sites for hydroxylation is 1. The van der Waals surface area contributed by atoms with Crippen LogP contribution in [0.3, 0.4) is 0 Å². The average Bonchev–Trinajstić information content (AvgIpc) is 3.04. The van der Waals surface area contributed by atoms with Crippen molar-refractivity contribution in [2.45, 2.75) is 50.9 Å². The molecule has 0 spiro atoms. The molecule has 2 fully saturated rings. The van der Waals surface area contributed by atoms with Crippen LogP contribution in [0.4, 0.5) is 9.18 Å². The van der Waals surface area contributed by atoms with E-state index in [1.165, 1.54) is 0 Å². The molecular formula is C19H24FN3O3. The first-order chi connectivity index (χ1) is 12.5. The Labute approximate surface area is 151 Å². The first kappa shape index (κ1) is 17.3. The van der Waals surface area contributed by atoms with Gasteiger partial charge in [-0.3, -0.25) is 0 Å². The van der Waals surface area contributed by atoms with Crippen molar-refractivity contribution in [1.29, 1.82) is 0 Å². The zero-order valence-corrected chi connectivity index (χ0v) is 14.9. The lowest BCUT2D eigenvalue weighted by molar-refractivity contribution is -0.0366. The fraction of sp³-hybridized carbons (Fsp3) is 0.579. The Balaban J connectivity index is 1.67. The third-order valence-electron chi connectivity index (χ3n) is 5.62. The summed E-state index contributed by atoms with van der Waals surface area (Å²) in [5.41, 5.74) is 2.94. The Kier molecular flexibility index (Phi) is 4.56. The Morgan fingerprint density at radius 3 is 2.88 bits per heavy atom. The lowest BCUT2D eigenvalue weighted by Gasteiger charge is -2.34. The number of hydrogen-bond donors (Lipinski definition) is 1. The predicted octanol–water partition coefficient (Wildman–Crippen LogP) is 3.85. The summed E-state index contributed by atoms with van der Waals surface area (Å²) in [6.07, 6.45) is 3.15. The van der Waals surface area contributed by atoms with Crippen molar-refractivity contribution in [1.82, 2.24) is 14.7 Å². The van der Waals surface area contributed by atoms with E-state index in [9.17, 15) is 9.18 Å². The number of fused-ring (bicyclic) bond motifs is 1. The molecule has 140 valence electrons. The third kappa shape index (κ3) is 3.05. The number of rotatable bonds is 2. The van der Waals surface area contributed by atoms with Crippen molar-refractivity contribution in [2.24, 2.45) is 0 Å². The van der Waals surface area contributed by atoms with E-state index in [0.717, 1.165) is 52.8 Å². The van der Waals surface area contributed by atoms with Crippen LogP contribution in [-0.4, -0.2) is 51.7 Å². The largest absolute Gasteiger partial charge is 0.465 e. The molecule has 0 bridgehead atoms. The molecule has 6 nitrogen and oxygen atoms in total. The maximum Gasteiger partial charge on any atom is 0.407 e. The second-order valence-electron chi connectivity index (χ2n) is 7.32. The molecule has 4 rings (SSSR count).